The van der Waals surface area contributed by atoms with Crippen LogP contribution in [0, 0.1) is 0 Å². The van der Waals surface area contributed by atoms with Gasteiger partial charge in [0.25, 0.3) is 0 Å². The van der Waals surface area contributed by atoms with Gasteiger partial charge in [-0.1, -0.05) is 18.2 Å². The monoisotopic (exact) mass is 466 g/mol. The minimum Gasteiger partial charge on any atom is -0.385 e. The Bertz CT molecular complexity index is 434. The summed E-state index contributed by atoms with van der Waals surface area (Å²) in [6.45, 7) is 4.64. The molecule has 5 nitrogen and oxygen atoms in total. The molecule has 1 aromatic rings. The summed E-state index contributed by atoms with van der Waals surface area (Å²) in [6.07, 6.45) is 1.07. The molecule has 1 aromatic carbocycles. The quantitative estimate of drug-likeness (QED) is 0.173. The Morgan fingerprint density at radius 2 is 1.88 bits per heavy atom. The van der Waals surface area contributed by atoms with Gasteiger partial charge in [-0.05, 0) is 25.6 Å². The van der Waals surface area contributed by atoms with E-state index in [0.717, 1.165) is 50.9 Å². The number of hydrogen-bond acceptors (Lipinski definition) is 4. The van der Waals surface area contributed by atoms with Crippen molar-refractivity contribution in [3.05, 3.63) is 30.3 Å². The van der Waals surface area contributed by atoms with E-state index in [4.69, 9.17) is 4.74 Å². The van der Waals surface area contributed by atoms with E-state index in [1.807, 2.05) is 24.9 Å². The number of benzene rings is 1. The molecule has 138 valence electrons. The molecule has 0 bridgehead atoms. The minimum atomic E-state index is 0. The third-order valence-corrected chi connectivity index (χ3v) is 4.32. The highest BCUT2D eigenvalue weighted by molar-refractivity contribution is 14.0. The van der Waals surface area contributed by atoms with Crippen molar-refractivity contribution in [1.82, 2.24) is 15.5 Å². The molecule has 7 heteroatoms. The lowest BCUT2D eigenvalue weighted by atomic mass is 10.4. The van der Waals surface area contributed by atoms with Crippen LogP contribution >= 0.6 is 35.7 Å². The van der Waals surface area contributed by atoms with E-state index in [2.05, 4.69) is 51.8 Å². The topological polar surface area (TPSA) is 48.9 Å². The predicted molar refractivity (Wildman–Crippen MR) is 116 cm³/mol. The highest BCUT2D eigenvalue weighted by Crippen LogP contribution is 2.15. The molecule has 0 aliphatic rings. The number of methoxy groups -OCH3 is 1. The van der Waals surface area contributed by atoms with Gasteiger partial charge >= 0.3 is 0 Å². The van der Waals surface area contributed by atoms with E-state index in [1.165, 1.54) is 4.90 Å². The Kier molecular flexibility index (Phi) is 15.6. The van der Waals surface area contributed by atoms with Gasteiger partial charge in [0.05, 0.1) is 0 Å². The summed E-state index contributed by atoms with van der Waals surface area (Å²) in [5, 5.41) is 6.69. The molecule has 0 fully saturated rings. The van der Waals surface area contributed by atoms with Gasteiger partial charge in [0.2, 0.25) is 0 Å². The summed E-state index contributed by atoms with van der Waals surface area (Å²) < 4.78 is 5.07. The SMILES string of the molecule is CN=C(NCCSc1ccccc1)NCCN(C)CCCOC.I. The van der Waals surface area contributed by atoms with E-state index < -0.39 is 0 Å². The second-order valence-electron chi connectivity index (χ2n) is 5.24. The van der Waals surface area contributed by atoms with Gasteiger partial charge in [0.1, 0.15) is 0 Å². The molecule has 2 N–H and O–H groups in total. The van der Waals surface area contributed by atoms with E-state index in [1.54, 1.807) is 7.11 Å². The molecule has 0 aliphatic carbocycles. The van der Waals surface area contributed by atoms with Crippen LogP contribution in [-0.4, -0.2) is 70.6 Å². The van der Waals surface area contributed by atoms with Crippen LogP contribution in [-0.2, 0) is 4.74 Å². The largest absolute Gasteiger partial charge is 0.385 e. The molecule has 0 unspecified atom stereocenters. The van der Waals surface area contributed by atoms with Crippen LogP contribution in [0.3, 0.4) is 0 Å². The third kappa shape index (κ3) is 11.9. The fourth-order valence-electron chi connectivity index (χ4n) is 2.03. The van der Waals surface area contributed by atoms with Crippen molar-refractivity contribution in [2.75, 3.05) is 59.7 Å². The van der Waals surface area contributed by atoms with Crippen LogP contribution in [0.15, 0.2) is 40.2 Å². The zero-order valence-corrected chi connectivity index (χ0v) is 18.1. The van der Waals surface area contributed by atoms with Crippen molar-refractivity contribution in [3.8, 4) is 0 Å². The Morgan fingerprint density at radius 3 is 2.54 bits per heavy atom. The predicted octanol–water partition coefficient (Wildman–Crippen LogP) is 2.53. The molecule has 0 atom stereocenters. The maximum Gasteiger partial charge on any atom is 0.191 e. The Balaban J connectivity index is 0.00000529. The van der Waals surface area contributed by atoms with Crippen LogP contribution < -0.4 is 10.6 Å². The molecule has 0 amide bonds. The fourth-order valence-corrected chi connectivity index (χ4v) is 2.82. The van der Waals surface area contributed by atoms with Gasteiger partial charge in [-0.2, -0.15) is 0 Å². The maximum atomic E-state index is 5.07. The molecule has 1 rings (SSSR count). The molecule has 24 heavy (non-hydrogen) atoms. The summed E-state index contributed by atoms with van der Waals surface area (Å²) in [5.41, 5.74) is 0. The summed E-state index contributed by atoms with van der Waals surface area (Å²) in [6, 6.07) is 10.5. The van der Waals surface area contributed by atoms with Crippen molar-refractivity contribution < 1.29 is 4.74 Å². The lowest BCUT2D eigenvalue weighted by Gasteiger charge is -2.18. The van der Waals surface area contributed by atoms with Crippen LogP contribution in [0.2, 0.25) is 0 Å². The number of likely N-dealkylation sites (N-methyl/N-ethyl adjacent to an activating group) is 1. The molecule has 0 aliphatic heterocycles. The molecule has 0 saturated heterocycles. The fraction of sp³-hybridized carbons (Fsp3) is 0.588. The average molecular weight is 466 g/mol. The van der Waals surface area contributed by atoms with Gasteiger partial charge in [0, 0.05) is 57.6 Å². The highest BCUT2D eigenvalue weighted by Gasteiger charge is 2.00. The number of halogens is 1. The molecule has 0 spiro atoms. The Labute approximate surface area is 168 Å². The minimum absolute atomic E-state index is 0. The van der Waals surface area contributed by atoms with Crippen LogP contribution in [0.4, 0.5) is 0 Å². The number of aliphatic imine (C=N–C) groups is 1. The van der Waals surface area contributed by atoms with Gasteiger partial charge in [-0.3, -0.25) is 4.99 Å². The van der Waals surface area contributed by atoms with Gasteiger partial charge in [0.15, 0.2) is 5.96 Å². The number of hydrogen-bond donors (Lipinski definition) is 2. The van der Waals surface area contributed by atoms with E-state index >= 15 is 0 Å². The van der Waals surface area contributed by atoms with Gasteiger partial charge < -0.3 is 20.3 Å². The Morgan fingerprint density at radius 1 is 1.17 bits per heavy atom. The van der Waals surface area contributed by atoms with Crippen molar-refractivity contribution in [1.29, 1.82) is 0 Å². The molecule has 0 aromatic heterocycles. The standard InChI is InChI=1S/C17H30N4OS.HI/c1-18-17(19-10-13-21(2)12-7-14-22-3)20-11-15-23-16-8-5-4-6-9-16;/h4-6,8-9H,7,10-15H2,1-3H3,(H2,18,19,20);1H. The number of ether oxygens (including phenoxy) is 1. The first kappa shape index (κ1) is 23.5. The second-order valence-corrected chi connectivity index (χ2v) is 6.41. The summed E-state index contributed by atoms with van der Waals surface area (Å²) in [7, 11) is 5.68. The van der Waals surface area contributed by atoms with Crippen LogP contribution in [0.25, 0.3) is 0 Å². The second kappa shape index (κ2) is 16.0. The van der Waals surface area contributed by atoms with Gasteiger partial charge in [-0.25, -0.2) is 0 Å². The van der Waals surface area contributed by atoms with Gasteiger partial charge in [-0.15, -0.1) is 35.7 Å². The van der Waals surface area contributed by atoms with Crippen molar-refractivity contribution in [2.24, 2.45) is 4.99 Å². The lowest BCUT2D eigenvalue weighted by molar-refractivity contribution is 0.180. The van der Waals surface area contributed by atoms with Crippen molar-refractivity contribution in [3.63, 3.8) is 0 Å². The lowest BCUT2D eigenvalue weighted by Crippen LogP contribution is -2.41. The summed E-state index contributed by atoms with van der Waals surface area (Å²) in [5.74, 6) is 1.88. The summed E-state index contributed by atoms with van der Waals surface area (Å²) in [4.78, 5) is 7.85. The normalized spacial score (nSPS) is 11.2. The highest BCUT2D eigenvalue weighted by atomic mass is 127. The molecular formula is C17H31IN4OS. The smallest absolute Gasteiger partial charge is 0.191 e. The van der Waals surface area contributed by atoms with Crippen LogP contribution in [0.1, 0.15) is 6.42 Å². The van der Waals surface area contributed by atoms with Crippen molar-refractivity contribution >= 4 is 41.7 Å². The first-order valence-corrected chi connectivity index (χ1v) is 9.04. The van der Waals surface area contributed by atoms with E-state index in [0.29, 0.717) is 0 Å². The number of rotatable bonds is 11. The first-order chi connectivity index (χ1) is 11.3. The third-order valence-electron chi connectivity index (χ3n) is 3.30. The van der Waals surface area contributed by atoms with Crippen molar-refractivity contribution in [2.45, 2.75) is 11.3 Å². The molecule has 0 radical (unpaired) electrons. The van der Waals surface area contributed by atoms with E-state index in [-0.39, 0.29) is 24.0 Å². The van der Waals surface area contributed by atoms with E-state index in [9.17, 15) is 0 Å². The molecular weight excluding hydrogens is 435 g/mol. The molecule has 0 saturated carbocycles. The van der Waals surface area contributed by atoms with Crippen LogP contribution in [0.5, 0.6) is 0 Å². The molecule has 0 heterocycles. The zero-order valence-electron chi connectivity index (χ0n) is 15.0. The summed E-state index contributed by atoms with van der Waals surface area (Å²) >= 11 is 1.85. The number of nitrogens with zero attached hydrogens (tertiary/aromatic N) is 2. The number of thioether (sulfide) groups is 1. The number of nitrogens with one attached hydrogen (secondary N) is 2. The zero-order chi connectivity index (χ0) is 16.8. The number of guanidine groups is 1. The maximum absolute atomic E-state index is 5.07. The Hall–Kier alpha value is -0.510. The average Bonchev–Trinajstić information content (AvgIpc) is 2.58. The first-order valence-electron chi connectivity index (χ1n) is 8.06.